The van der Waals surface area contributed by atoms with Crippen molar-refractivity contribution in [3.63, 3.8) is 0 Å². The molecule has 0 unspecified atom stereocenters. The molecule has 1 fully saturated rings. The molecule has 0 spiro atoms. The van der Waals surface area contributed by atoms with Crippen molar-refractivity contribution in [2.24, 2.45) is 0 Å². The predicted molar refractivity (Wildman–Crippen MR) is 73.6 cm³/mol. The Labute approximate surface area is 114 Å². The first-order valence-corrected chi connectivity index (χ1v) is 6.80. The zero-order valence-electron chi connectivity index (χ0n) is 11.3. The van der Waals surface area contributed by atoms with Crippen LogP contribution in [0.3, 0.4) is 0 Å². The quantitative estimate of drug-likeness (QED) is 0.794. The highest BCUT2D eigenvalue weighted by molar-refractivity contribution is 5.96. The van der Waals surface area contributed by atoms with Gasteiger partial charge in [-0.2, -0.15) is 0 Å². The van der Waals surface area contributed by atoms with E-state index in [1.807, 2.05) is 18.2 Å². The molecule has 1 aromatic carbocycles. The van der Waals surface area contributed by atoms with E-state index >= 15 is 0 Å². The summed E-state index contributed by atoms with van der Waals surface area (Å²) in [6, 6.07) is 7.58. The second-order valence-corrected chi connectivity index (χ2v) is 4.92. The second-order valence-electron chi connectivity index (χ2n) is 4.92. The SMILES string of the molecule is CC(=O)c1ccccc1OCCN1CCC[C@@H]1CO. The van der Waals surface area contributed by atoms with Crippen molar-refractivity contribution in [1.29, 1.82) is 0 Å². The van der Waals surface area contributed by atoms with Crippen LogP contribution in [0.15, 0.2) is 24.3 Å². The number of ether oxygens (including phenoxy) is 1. The van der Waals surface area contributed by atoms with Gasteiger partial charge in [-0.3, -0.25) is 9.69 Å². The Morgan fingerprint density at radius 3 is 3.00 bits per heavy atom. The third-order valence-corrected chi connectivity index (χ3v) is 3.61. The summed E-state index contributed by atoms with van der Waals surface area (Å²) in [7, 11) is 0. The maximum atomic E-state index is 11.5. The molecule has 1 atom stereocenters. The number of hydrogen-bond donors (Lipinski definition) is 1. The zero-order chi connectivity index (χ0) is 13.7. The average molecular weight is 263 g/mol. The normalized spacial score (nSPS) is 19.6. The Balaban J connectivity index is 1.87. The van der Waals surface area contributed by atoms with Gasteiger partial charge in [-0.15, -0.1) is 0 Å². The molecule has 0 bridgehead atoms. The third-order valence-electron chi connectivity index (χ3n) is 3.61. The molecular weight excluding hydrogens is 242 g/mol. The van der Waals surface area contributed by atoms with Crippen LogP contribution in [0.25, 0.3) is 0 Å². The molecule has 1 aromatic rings. The van der Waals surface area contributed by atoms with Crippen LogP contribution in [-0.4, -0.2) is 48.1 Å². The topological polar surface area (TPSA) is 49.8 Å². The monoisotopic (exact) mass is 263 g/mol. The highest BCUT2D eigenvalue weighted by atomic mass is 16.5. The van der Waals surface area contributed by atoms with Crippen molar-refractivity contribution in [2.45, 2.75) is 25.8 Å². The molecule has 0 saturated carbocycles. The largest absolute Gasteiger partial charge is 0.491 e. The minimum absolute atomic E-state index is 0.0185. The number of carbonyl (C=O) groups is 1. The lowest BCUT2D eigenvalue weighted by Gasteiger charge is -2.22. The van der Waals surface area contributed by atoms with Crippen LogP contribution in [0.5, 0.6) is 5.75 Å². The Kier molecular flexibility index (Phi) is 4.93. The summed E-state index contributed by atoms with van der Waals surface area (Å²) >= 11 is 0. The van der Waals surface area contributed by atoms with Gasteiger partial charge < -0.3 is 9.84 Å². The lowest BCUT2D eigenvalue weighted by Crippen LogP contribution is -2.35. The molecule has 104 valence electrons. The van der Waals surface area contributed by atoms with Crippen LogP contribution in [0.2, 0.25) is 0 Å². The van der Waals surface area contributed by atoms with E-state index in [1.165, 1.54) is 0 Å². The second kappa shape index (κ2) is 6.68. The third kappa shape index (κ3) is 3.55. The number of rotatable bonds is 6. The summed E-state index contributed by atoms with van der Waals surface area (Å²) in [6.07, 6.45) is 2.19. The number of likely N-dealkylation sites (tertiary alicyclic amines) is 1. The van der Waals surface area contributed by atoms with E-state index in [9.17, 15) is 9.90 Å². The van der Waals surface area contributed by atoms with E-state index in [1.54, 1.807) is 13.0 Å². The fourth-order valence-electron chi connectivity index (χ4n) is 2.55. The summed E-state index contributed by atoms with van der Waals surface area (Å²) < 4.78 is 5.71. The smallest absolute Gasteiger partial charge is 0.163 e. The molecule has 2 rings (SSSR count). The van der Waals surface area contributed by atoms with Gasteiger partial charge in [0, 0.05) is 12.6 Å². The fraction of sp³-hybridized carbons (Fsp3) is 0.533. The van der Waals surface area contributed by atoms with Crippen molar-refractivity contribution in [2.75, 3.05) is 26.3 Å². The summed E-state index contributed by atoms with van der Waals surface area (Å²) in [5.74, 6) is 0.666. The Morgan fingerprint density at radius 2 is 2.26 bits per heavy atom. The fourth-order valence-corrected chi connectivity index (χ4v) is 2.55. The molecule has 4 heteroatoms. The average Bonchev–Trinajstić information content (AvgIpc) is 2.86. The Bertz CT molecular complexity index is 433. The van der Waals surface area contributed by atoms with Gasteiger partial charge in [0.15, 0.2) is 5.78 Å². The van der Waals surface area contributed by atoms with E-state index in [4.69, 9.17) is 4.74 Å². The zero-order valence-corrected chi connectivity index (χ0v) is 11.3. The first-order valence-electron chi connectivity index (χ1n) is 6.80. The number of aliphatic hydroxyl groups is 1. The van der Waals surface area contributed by atoms with Crippen LogP contribution in [-0.2, 0) is 0 Å². The van der Waals surface area contributed by atoms with Crippen molar-refractivity contribution < 1.29 is 14.6 Å². The van der Waals surface area contributed by atoms with Gasteiger partial charge in [-0.25, -0.2) is 0 Å². The van der Waals surface area contributed by atoms with Gasteiger partial charge in [0.25, 0.3) is 0 Å². The maximum Gasteiger partial charge on any atom is 0.163 e. The van der Waals surface area contributed by atoms with Crippen molar-refractivity contribution in [1.82, 2.24) is 4.90 Å². The van der Waals surface area contributed by atoms with Gasteiger partial charge in [-0.05, 0) is 38.4 Å². The van der Waals surface area contributed by atoms with Crippen LogP contribution in [0.1, 0.15) is 30.1 Å². The van der Waals surface area contributed by atoms with E-state index in [0.717, 1.165) is 25.9 Å². The van der Waals surface area contributed by atoms with Gasteiger partial charge in [-0.1, -0.05) is 12.1 Å². The molecule has 1 aliphatic heterocycles. The van der Waals surface area contributed by atoms with E-state index in [0.29, 0.717) is 17.9 Å². The predicted octanol–water partition coefficient (Wildman–Crippen LogP) is 1.72. The molecule has 1 aliphatic rings. The first-order chi connectivity index (χ1) is 9.22. The number of Topliss-reactive ketones (excluding diaryl/α,β-unsaturated/α-hetero) is 1. The van der Waals surface area contributed by atoms with Crippen LogP contribution >= 0.6 is 0 Å². The minimum atomic E-state index is 0.0185. The van der Waals surface area contributed by atoms with Gasteiger partial charge in [0.1, 0.15) is 12.4 Å². The Hall–Kier alpha value is -1.39. The van der Waals surface area contributed by atoms with Crippen molar-refractivity contribution in [3.05, 3.63) is 29.8 Å². The summed E-state index contributed by atoms with van der Waals surface area (Å²) in [4.78, 5) is 13.7. The highest BCUT2D eigenvalue weighted by Gasteiger charge is 2.23. The molecule has 19 heavy (non-hydrogen) atoms. The molecular formula is C15H21NO3. The summed E-state index contributed by atoms with van der Waals surface area (Å²) in [6.45, 7) is 4.11. The number of benzene rings is 1. The first kappa shape index (κ1) is 14.0. The molecule has 0 aromatic heterocycles. The summed E-state index contributed by atoms with van der Waals surface area (Å²) in [5.41, 5.74) is 0.627. The molecule has 1 N–H and O–H groups in total. The number of para-hydroxylation sites is 1. The molecule has 1 saturated heterocycles. The van der Waals surface area contributed by atoms with E-state index in [-0.39, 0.29) is 18.4 Å². The van der Waals surface area contributed by atoms with Crippen LogP contribution in [0, 0.1) is 0 Å². The molecule has 0 aliphatic carbocycles. The van der Waals surface area contributed by atoms with Crippen molar-refractivity contribution >= 4 is 5.78 Å². The standard InChI is InChI=1S/C15H21NO3/c1-12(18)14-6-2-3-7-15(14)19-10-9-16-8-4-5-13(16)11-17/h2-3,6-7,13,17H,4-5,8-11H2,1H3/t13-/m1/s1. The highest BCUT2D eigenvalue weighted by Crippen LogP contribution is 2.19. The molecule has 0 radical (unpaired) electrons. The van der Waals surface area contributed by atoms with E-state index < -0.39 is 0 Å². The van der Waals surface area contributed by atoms with Crippen molar-refractivity contribution in [3.8, 4) is 5.75 Å². The molecule has 1 heterocycles. The number of carbonyl (C=O) groups excluding carboxylic acids is 1. The molecule has 4 nitrogen and oxygen atoms in total. The van der Waals surface area contributed by atoms with Gasteiger partial charge >= 0.3 is 0 Å². The Morgan fingerprint density at radius 1 is 1.47 bits per heavy atom. The molecule has 0 amide bonds. The maximum absolute atomic E-state index is 11.5. The number of hydrogen-bond acceptors (Lipinski definition) is 4. The lowest BCUT2D eigenvalue weighted by atomic mass is 10.1. The van der Waals surface area contributed by atoms with Gasteiger partial charge in [0.05, 0.1) is 12.2 Å². The number of aliphatic hydroxyl groups excluding tert-OH is 1. The summed E-state index contributed by atoms with van der Waals surface area (Å²) in [5, 5.41) is 9.24. The number of ketones is 1. The van der Waals surface area contributed by atoms with Crippen LogP contribution < -0.4 is 4.74 Å². The van der Waals surface area contributed by atoms with E-state index in [2.05, 4.69) is 4.90 Å². The van der Waals surface area contributed by atoms with Crippen LogP contribution in [0.4, 0.5) is 0 Å². The minimum Gasteiger partial charge on any atom is -0.491 e. The van der Waals surface area contributed by atoms with Gasteiger partial charge in [0.2, 0.25) is 0 Å². The number of nitrogens with zero attached hydrogens (tertiary/aromatic N) is 1. The lowest BCUT2D eigenvalue weighted by molar-refractivity contribution is 0.101.